The van der Waals surface area contributed by atoms with Crippen molar-refractivity contribution in [3.8, 4) is 73.3 Å². The van der Waals surface area contributed by atoms with Gasteiger partial charge in [-0.3, -0.25) is 69.3 Å². The number of hydrogen-bond donors (Lipinski definition) is 13. The Labute approximate surface area is 722 Å². The number of anilines is 5. The van der Waals surface area contributed by atoms with Crippen molar-refractivity contribution in [3.05, 3.63) is 313 Å². The van der Waals surface area contributed by atoms with Crippen molar-refractivity contribution in [1.82, 2.24) is 75.4 Å². The zero-order valence-electron chi connectivity index (χ0n) is 68.6. The Morgan fingerprint density at radius 3 is 1.19 bits per heavy atom. The lowest BCUT2D eigenvalue weighted by atomic mass is 10.0. The van der Waals surface area contributed by atoms with Crippen LogP contribution in [0.2, 0.25) is 0 Å². The lowest BCUT2D eigenvalue weighted by Crippen LogP contribution is -2.35. The number of phenols is 3. The molecule has 0 radical (unpaired) electrons. The second-order valence-corrected chi connectivity index (χ2v) is 30.6. The molecule has 14 N–H and O–H groups in total. The number of nitrogen functional groups attached to an aromatic ring is 1. The van der Waals surface area contributed by atoms with Crippen molar-refractivity contribution in [3.63, 3.8) is 0 Å². The number of morpholine rings is 1. The van der Waals surface area contributed by atoms with Crippen LogP contribution in [0.3, 0.4) is 0 Å². The number of likely N-dealkylation sites (tertiary alicyclic amines) is 1. The number of nitrogens with one attached hydrogen (secondary N) is 8. The molecular weight excluding hydrogens is 1590 g/mol. The minimum Gasteiger partial charge on any atom is -0.508 e. The van der Waals surface area contributed by atoms with Crippen molar-refractivity contribution < 1.29 is 49.1 Å². The standard InChI is InChI=1S/C25H25N5O3.C25H18N4O3.C24H23N5O3.C22H22N6O/c31-20-4-2-19(3-5-20)27-25(33)24-22-12-17(1-6-23(22)28-29-24)18-11-16(13-26-14-18)15-30-9-7-21(32)8-10-30;30-19-9-7-18(8-10-19)27-25(31)24-22-13-16(6-11-23(22)28-29-24)17-12-21(15-26-14-17)32-20-4-2-1-3-5-20;30-20-4-2-19(3-5-20)26-24(31)23-21-12-17(1-6-22(21)27-28-23)18-11-16(13-25-14-18)15-29-7-9-32-10-8-29;1-28(2)13-14-4-3-5-18(8-14)25-22(29)21-19-10-15(6-7-20(19)26-27-21)16-9-17(23)12-24-11-16/h1-6,11-14,21,31-32H,7-10,15H2,(H,27,33)(H,28,29);1-15,30H,(H,27,31)(H,28,29);1-6,11-14,30H,7-10,15H2,(H,26,31)(H,27,28);3-12H,13,23H2,1-2H3,(H,25,29)(H,26,27). The zero-order valence-corrected chi connectivity index (χ0v) is 68.6. The van der Waals surface area contributed by atoms with Gasteiger partial charge in [0, 0.05) is 156 Å². The highest BCUT2D eigenvalue weighted by molar-refractivity contribution is 6.14. The van der Waals surface area contributed by atoms with Crippen molar-refractivity contribution in [2.75, 3.05) is 80.5 Å². The number of nitrogens with zero attached hydrogens (tertiary/aromatic N) is 11. The van der Waals surface area contributed by atoms with E-state index in [-0.39, 0.29) is 52.7 Å². The quantitative estimate of drug-likeness (QED) is 0.0315. The van der Waals surface area contributed by atoms with Crippen LogP contribution in [0, 0.1) is 0 Å². The number of aromatic nitrogens is 12. The first-order valence-corrected chi connectivity index (χ1v) is 40.6. The van der Waals surface area contributed by atoms with Gasteiger partial charge in [0.25, 0.3) is 23.6 Å². The number of phenolic OH excluding ortho intramolecular Hbond substituents is 3. The third-order valence-corrected chi connectivity index (χ3v) is 21.0. The monoisotopic (exact) mass is 1680 g/mol. The molecule has 0 atom stereocenters. The average molecular weight is 1680 g/mol. The molecule has 8 aromatic heterocycles. The molecule has 2 saturated heterocycles. The van der Waals surface area contributed by atoms with E-state index < -0.39 is 0 Å². The number of aromatic hydroxyl groups is 3. The first-order chi connectivity index (χ1) is 61.3. The number of fused-ring (bicyclic) bond motifs is 4. The van der Waals surface area contributed by atoms with E-state index in [1.807, 2.05) is 178 Å². The summed E-state index contributed by atoms with van der Waals surface area (Å²) in [5, 5.41) is 80.8. The van der Waals surface area contributed by atoms with Gasteiger partial charge in [0.05, 0.1) is 53.3 Å². The minimum atomic E-state index is -0.349. The molecule has 0 unspecified atom stereocenters. The highest BCUT2D eigenvalue weighted by Crippen LogP contribution is 2.34. The third-order valence-electron chi connectivity index (χ3n) is 21.0. The lowest BCUT2D eigenvalue weighted by Gasteiger charge is -2.29. The summed E-state index contributed by atoms with van der Waals surface area (Å²) >= 11 is 0. The number of piperidine rings is 1. The minimum absolute atomic E-state index is 0.130. The van der Waals surface area contributed by atoms with E-state index in [1.54, 1.807) is 61.2 Å². The molecule has 4 amide bonds. The molecule has 126 heavy (non-hydrogen) atoms. The highest BCUT2D eigenvalue weighted by atomic mass is 16.5. The van der Waals surface area contributed by atoms with E-state index in [0.29, 0.717) is 51.0 Å². The number of carbonyl (C=O) groups excluding carboxylic acids is 4. The molecule has 19 rings (SSSR count). The molecule has 2 fully saturated rings. The summed E-state index contributed by atoms with van der Waals surface area (Å²) in [6, 6.07) is 67.4. The average Bonchev–Trinajstić information content (AvgIpc) is 1.65. The molecule has 10 heterocycles. The van der Waals surface area contributed by atoms with Gasteiger partial charge in [-0.1, -0.05) is 54.6 Å². The number of para-hydroxylation sites is 1. The van der Waals surface area contributed by atoms with Crippen LogP contribution in [0.15, 0.2) is 274 Å². The number of ether oxygens (including phenoxy) is 2. The molecule has 17 aromatic rings. The Hall–Kier alpha value is -15.9. The summed E-state index contributed by atoms with van der Waals surface area (Å²) in [7, 11) is 4.02. The number of aromatic amines is 4. The molecule has 9 aromatic carbocycles. The number of nitrogens with two attached hydrogens (primary N) is 1. The maximum Gasteiger partial charge on any atom is 0.276 e. The summed E-state index contributed by atoms with van der Waals surface area (Å²) < 4.78 is 11.3. The molecule has 632 valence electrons. The van der Waals surface area contributed by atoms with E-state index in [1.165, 1.54) is 36.4 Å². The third kappa shape index (κ3) is 21.2. The predicted molar refractivity (Wildman–Crippen MR) is 485 cm³/mol. The van der Waals surface area contributed by atoms with E-state index in [9.17, 15) is 39.6 Å². The Kier molecular flexibility index (Phi) is 25.9. The van der Waals surface area contributed by atoms with Crippen LogP contribution < -0.4 is 31.7 Å². The molecule has 2 aliphatic rings. The second kappa shape index (κ2) is 38.9. The van der Waals surface area contributed by atoms with Crippen molar-refractivity contribution in [2.24, 2.45) is 0 Å². The Bertz CT molecular complexity index is 6710. The lowest BCUT2D eigenvalue weighted by molar-refractivity contribution is 0.0341. The number of hydrogen-bond acceptors (Lipinski definition) is 22. The molecule has 0 aliphatic carbocycles. The molecule has 2 aliphatic heterocycles. The predicted octanol–water partition coefficient (Wildman–Crippen LogP) is 15.9. The van der Waals surface area contributed by atoms with Crippen LogP contribution in [0.4, 0.5) is 28.4 Å². The van der Waals surface area contributed by atoms with Crippen LogP contribution in [-0.2, 0) is 24.4 Å². The van der Waals surface area contributed by atoms with Crippen LogP contribution in [0.1, 0.15) is 71.5 Å². The topological polar surface area (TPSA) is 418 Å². The summed E-state index contributed by atoms with van der Waals surface area (Å²) in [6.07, 6.45) is 15.6. The number of rotatable bonds is 20. The fourth-order valence-electron chi connectivity index (χ4n) is 14.7. The van der Waals surface area contributed by atoms with Gasteiger partial charge in [-0.15, -0.1) is 0 Å². The van der Waals surface area contributed by atoms with E-state index >= 15 is 0 Å². The number of aliphatic hydroxyl groups excluding tert-OH is 1. The molecule has 0 saturated carbocycles. The van der Waals surface area contributed by atoms with Crippen LogP contribution >= 0.6 is 0 Å². The molecule has 0 spiro atoms. The van der Waals surface area contributed by atoms with E-state index in [4.69, 9.17) is 15.2 Å². The van der Waals surface area contributed by atoms with Gasteiger partial charge in [-0.2, -0.15) is 20.4 Å². The largest absolute Gasteiger partial charge is 0.508 e. The van der Waals surface area contributed by atoms with Gasteiger partial charge < -0.3 is 61.8 Å². The van der Waals surface area contributed by atoms with Gasteiger partial charge in [0.1, 0.15) is 28.7 Å². The highest BCUT2D eigenvalue weighted by Gasteiger charge is 2.23. The summed E-state index contributed by atoms with van der Waals surface area (Å²) in [4.78, 5) is 75.4. The Balaban J connectivity index is 0.000000124. The normalized spacial score (nSPS) is 12.9. The fourth-order valence-corrected chi connectivity index (χ4v) is 14.7. The number of carbonyl (C=O) groups is 4. The SMILES string of the molecule is CN(C)Cc1cccc(NC(=O)c2n[nH]c3ccc(-c4cncc(N)c4)cc23)c1.O=C(Nc1ccc(O)cc1)c1n[nH]c2ccc(-c3cncc(CN4CCC(O)CC4)c3)cc12.O=C(Nc1ccc(O)cc1)c1n[nH]c2ccc(-c3cncc(CN4CCOCC4)c3)cc12.O=C(Nc1ccc(O)cc1)c1n[nH]c2ccc(-c3cncc(Oc4ccccc4)c3)cc12. The Morgan fingerprint density at radius 2 is 0.778 bits per heavy atom. The summed E-state index contributed by atoms with van der Waals surface area (Å²) in [5.41, 5.74) is 24.0. The molecule has 30 nitrogen and oxygen atoms in total. The maximum absolute atomic E-state index is 12.9. The molecule has 0 bridgehead atoms. The van der Waals surface area contributed by atoms with Crippen molar-refractivity contribution in [2.45, 2.75) is 38.6 Å². The van der Waals surface area contributed by atoms with Crippen LogP contribution in [-0.4, -0.2) is 179 Å². The first-order valence-electron chi connectivity index (χ1n) is 40.6. The van der Waals surface area contributed by atoms with E-state index in [0.717, 1.165) is 183 Å². The number of pyridine rings is 4. The van der Waals surface area contributed by atoms with Crippen molar-refractivity contribution in [1.29, 1.82) is 0 Å². The van der Waals surface area contributed by atoms with E-state index in [2.05, 4.69) is 109 Å². The van der Waals surface area contributed by atoms with Gasteiger partial charge in [-0.05, 0) is 236 Å². The summed E-state index contributed by atoms with van der Waals surface area (Å²) in [5.74, 6) is 0.487. The first kappa shape index (κ1) is 83.8. The number of benzene rings is 9. The fraction of sp³-hybridized carbons (Fsp3) is 0.146. The summed E-state index contributed by atoms with van der Waals surface area (Å²) in [6.45, 7) is 7.55. The maximum atomic E-state index is 12.9. The Morgan fingerprint density at radius 1 is 0.397 bits per heavy atom. The van der Waals surface area contributed by atoms with Crippen molar-refractivity contribution >= 4 is 95.7 Å². The molecule has 30 heteroatoms. The molecular formula is C96H88N20O10. The van der Waals surface area contributed by atoms with Gasteiger partial charge in [0.15, 0.2) is 22.8 Å². The van der Waals surface area contributed by atoms with Gasteiger partial charge in [-0.25, -0.2) is 0 Å². The smallest absolute Gasteiger partial charge is 0.276 e. The zero-order chi connectivity index (χ0) is 87.0. The van der Waals surface area contributed by atoms with Gasteiger partial charge >= 0.3 is 0 Å². The number of aliphatic hydroxyl groups is 1. The number of H-pyrrole nitrogens is 4. The number of amides is 4. The van der Waals surface area contributed by atoms with Gasteiger partial charge in [0.2, 0.25) is 0 Å². The van der Waals surface area contributed by atoms with Crippen LogP contribution in [0.25, 0.3) is 88.1 Å². The second-order valence-electron chi connectivity index (χ2n) is 30.6. The van der Waals surface area contributed by atoms with Crippen LogP contribution in [0.5, 0.6) is 28.7 Å².